The second-order valence-electron chi connectivity index (χ2n) is 6.23. The second-order valence-corrected chi connectivity index (χ2v) is 6.64. The van der Waals surface area contributed by atoms with Crippen LogP contribution in [0.5, 0.6) is 0 Å². The number of carbonyl (C=O) groups is 3. The number of nitrogen functional groups attached to an aromatic ring is 1. The molecule has 3 aromatic carbocycles. The van der Waals surface area contributed by atoms with Gasteiger partial charge >= 0.3 is 0 Å². The van der Waals surface area contributed by atoms with E-state index in [9.17, 15) is 18.8 Å². The normalized spacial score (nSPS) is 12.4. The maximum absolute atomic E-state index is 13.2. The first-order valence-corrected chi connectivity index (χ1v) is 8.63. The lowest BCUT2D eigenvalue weighted by Gasteiger charge is -2.22. The van der Waals surface area contributed by atoms with Crippen LogP contribution in [0.25, 0.3) is 0 Å². The standard InChI is InChI=1S/C21H12ClFN2O3/c22-14-9-10(23)5-6-13(14)21(28)25-16-8-7-15(24)17-18(16)20(27)12-4-2-1-3-11(12)19(17)26/h1-9H,24H2,(H,25,28). The first kappa shape index (κ1) is 17.9. The van der Waals surface area contributed by atoms with Crippen LogP contribution >= 0.6 is 11.6 Å². The van der Waals surface area contributed by atoms with E-state index in [1.807, 2.05) is 0 Å². The Morgan fingerprint density at radius 1 is 0.929 bits per heavy atom. The lowest BCUT2D eigenvalue weighted by atomic mass is 9.82. The summed E-state index contributed by atoms with van der Waals surface area (Å²) in [7, 11) is 0. The zero-order valence-electron chi connectivity index (χ0n) is 14.3. The van der Waals surface area contributed by atoms with Crippen molar-refractivity contribution in [1.82, 2.24) is 0 Å². The quantitative estimate of drug-likeness (QED) is 0.501. The van der Waals surface area contributed by atoms with Crippen molar-refractivity contribution in [3.8, 4) is 0 Å². The van der Waals surface area contributed by atoms with Crippen LogP contribution in [-0.2, 0) is 0 Å². The number of hydrogen-bond acceptors (Lipinski definition) is 4. The van der Waals surface area contributed by atoms with E-state index in [1.165, 1.54) is 18.2 Å². The molecule has 5 nitrogen and oxygen atoms in total. The van der Waals surface area contributed by atoms with Crippen molar-refractivity contribution in [1.29, 1.82) is 0 Å². The highest BCUT2D eigenvalue weighted by molar-refractivity contribution is 6.35. The average molecular weight is 395 g/mol. The molecule has 0 heterocycles. The van der Waals surface area contributed by atoms with Gasteiger partial charge in [0.1, 0.15) is 5.82 Å². The molecular formula is C21H12ClFN2O3. The van der Waals surface area contributed by atoms with E-state index in [4.69, 9.17) is 17.3 Å². The number of carbonyl (C=O) groups excluding carboxylic acids is 3. The van der Waals surface area contributed by atoms with Gasteiger partial charge in [0, 0.05) is 16.8 Å². The molecule has 0 fully saturated rings. The molecule has 0 unspecified atom stereocenters. The first-order valence-electron chi connectivity index (χ1n) is 8.26. The zero-order chi connectivity index (χ0) is 20.0. The van der Waals surface area contributed by atoms with Gasteiger partial charge in [-0.2, -0.15) is 0 Å². The van der Waals surface area contributed by atoms with E-state index in [0.717, 1.165) is 12.1 Å². The largest absolute Gasteiger partial charge is 0.398 e. The molecule has 0 aliphatic heterocycles. The number of fused-ring (bicyclic) bond motifs is 2. The number of halogens is 2. The fourth-order valence-corrected chi connectivity index (χ4v) is 3.47. The van der Waals surface area contributed by atoms with Gasteiger partial charge in [-0.05, 0) is 30.3 Å². The van der Waals surface area contributed by atoms with Crippen molar-refractivity contribution >= 4 is 40.4 Å². The van der Waals surface area contributed by atoms with Gasteiger partial charge in [-0.15, -0.1) is 0 Å². The van der Waals surface area contributed by atoms with E-state index >= 15 is 0 Å². The summed E-state index contributed by atoms with van der Waals surface area (Å²) in [4.78, 5) is 38.5. The minimum Gasteiger partial charge on any atom is -0.398 e. The summed E-state index contributed by atoms with van der Waals surface area (Å²) in [6, 6.07) is 12.7. The molecule has 0 radical (unpaired) electrons. The maximum Gasteiger partial charge on any atom is 0.257 e. The summed E-state index contributed by atoms with van der Waals surface area (Å²) in [6.07, 6.45) is 0. The SMILES string of the molecule is Nc1ccc(NC(=O)c2ccc(F)cc2Cl)c2c1C(=O)c1ccccc1C2=O. The third-order valence-electron chi connectivity index (χ3n) is 4.53. The Labute approximate surface area is 163 Å². The maximum atomic E-state index is 13.2. The Morgan fingerprint density at radius 3 is 2.21 bits per heavy atom. The number of anilines is 2. The third-order valence-corrected chi connectivity index (χ3v) is 4.84. The van der Waals surface area contributed by atoms with Crippen LogP contribution in [0.15, 0.2) is 54.6 Å². The van der Waals surface area contributed by atoms with Gasteiger partial charge in [-0.1, -0.05) is 35.9 Å². The summed E-state index contributed by atoms with van der Waals surface area (Å²) in [5.41, 5.74) is 6.82. The van der Waals surface area contributed by atoms with Gasteiger partial charge in [0.25, 0.3) is 5.91 Å². The van der Waals surface area contributed by atoms with Crippen molar-refractivity contribution in [3.63, 3.8) is 0 Å². The van der Waals surface area contributed by atoms with Gasteiger partial charge in [-0.3, -0.25) is 14.4 Å². The molecule has 1 aliphatic rings. The van der Waals surface area contributed by atoms with Crippen LogP contribution in [0, 0.1) is 5.82 Å². The predicted octanol–water partition coefficient (Wildman–Crippen LogP) is 4.09. The molecule has 3 aromatic rings. The zero-order valence-corrected chi connectivity index (χ0v) is 15.0. The van der Waals surface area contributed by atoms with Gasteiger partial charge in [0.15, 0.2) is 11.6 Å². The van der Waals surface area contributed by atoms with Crippen LogP contribution < -0.4 is 11.1 Å². The Morgan fingerprint density at radius 2 is 1.57 bits per heavy atom. The van der Waals surface area contributed by atoms with Crippen molar-refractivity contribution in [3.05, 3.63) is 93.3 Å². The Kier molecular flexibility index (Phi) is 4.20. The summed E-state index contributed by atoms with van der Waals surface area (Å²) in [6.45, 7) is 0. The smallest absolute Gasteiger partial charge is 0.257 e. The highest BCUT2D eigenvalue weighted by Crippen LogP contribution is 2.35. The molecular weight excluding hydrogens is 383 g/mol. The number of ketones is 2. The van der Waals surface area contributed by atoms with E-state index in [1.54, 1.807) is 24.3 Å². The van der Waals surface area contributed by atoms with Gasteiger partial charge in [-0.25, -0.2) is 4.39 Å². The van der Waals surface area contributed by atoms with E-state index < -0.39 is 23.3 Å². The number of nitrogens with two attached hydrogens (primary N) is 1. The molecule has 1 aliphatic carbocycles. The fraction of sp³-hybridized carbons (Fsp3) is 0. The second kappa shape index (κ2) is 6.58. The lowest BCUT2D eigenvalue weighted by Crippen LogP contribution is -2.25. The molecule has 4 rings (SSSR count). The van der Waals surface area contributed by atoms with Crippen molar-refractivity contribution < 1.29 is 18.8 Å². The van der Waals surface area contributed by atoms with Crippen molar-refractivity contribution in [2.75, 3.05) is 11.1 Å². The molecule has 0 saturated heterocycles. The molecule has 3 N–H and O–H groups in total. The van der Waals surface area contributed by atoms with E-state index in [-0.39, 0.29) is 44.2 Å². The third kappa shape index (κ3) is 2.75. The predicted molar refractivity (Wildman–Crippen MR) is 104 cm³/mol. The van der Waals surface area contributed by atoms with Crippen LogP contribution in [-0.4, -0.2) is 17.5 Å². The highest BCUT2D eigenvalue weighted by atomic mass is 35.5. The number of benzene rings is 3. The number of hydrogen-bond donors (Lipinski definition) is 2. The average Bonchev–Trinajstić information content (AvgIpc) is 2.67. The fourth-order valence-electron chi connectivity index (χ4n) is 3.22. The highest BCUT2D eigenvalue weighted by Gasteiger charge is 2.33. The Hall–Kier alpha value is -3.51. The summed E-state index contributed by atoms with van der Waals surface area (Å²) < 4.78 is 13.2. The van der Waals surface area contributed by atoms with Gasteiger partial charge in [0.05, 0.1) is 27.4 Å². The number of rotatable bonds is 2. The lowest BCUT2D eigenvalue weighted by molar-refractivity contribution is 0.0979. The van der Waals surface area contributed by atoms with E-state index in [2.05, 4.69) is 5.32 Å². The minimum absolute atomic E-state index is 0.0234. The van der Waals surface area contributed by atoms with Crippen molar-refractivity contribution in [2.24, 2.45) is 0 Å². The first-order chi connectivity index (χ1) is 13.4. The molecule has 0 bridgehead atoms. The molecule has 0 atom stereocenters. The van der Waals surface area contributed by atoms with Crippen LogP contribution in [0.3, 0.4) is 0 Å². The van der Waals surface area contributed by atoms with Gasteiger partial charge < -0.3 is 11.1 Å². The number of amides is 1. The number of nitrogens with one attached hydrogen (secondary N) is 1. The molecule has 7 heteroatoms. The molecule has 0 spiro atoms. The molecule has 0 saturated carbocycles. The molecule has 28 heavy (non-hydrogen) atoms. The van der Waals surface area contributed by atoms with E-state index in [0.29, 0.717) is 0 Å². The van der Waals surface area contributed by atoms with Crippen LogP contribution in [0.2, 0.25) is 5.02 Å². The van der Waals surface area contributed by atoms with Crippen LogP contribution in [0.4, 0.5) is 15.8 Å². The molecule has 1 amide bonds. The monoisotopic (exact) mass is 394 g/mol. The Bertz CT molecular complexity index is 1190. The molecule has 138 valence electrons. The summed E-state index contributed by atoms with van der Waals surface area (Å²) in [5, 5.41) is 2.51. The van der Waals surface area contributed by atoms with Crippen LogP contribution in [0.1, 0.15) is 42.2 Å². The molecule has 0 aromatic heterocycles. The minimum atomic E-state index is -0.643. The van der Waals surface area contributed by atoms with Crippen molar-refractivity contribution in [2.45, 2.75) is 0 Å². The summed E-state index contributed by atoms with van der Waals surface area (Å²) >= 11 is 5.94. The summed E-state index contributed by atoms with van der Waals surface area (Å²) in [5.74, 6) is -2.03. The Balaban J connectivity index is 1.81. The topological polar surface area (TPSA) is 89.3 Å². The van der Waals surface area contributed by atoms with Gasteiger partial charge in [0.2, 0.25) is 0 Å².